The lowest BCUT2D eigenvalue weighted by atomic mass is 10.2. The topological polar surface area (TPSA) is 108 Å². The summed E-state index contributed by atoms with van der Waals surface area (Å²) in [5.41, 5.74) is 3.39. The monoisotopic (exact) mass is 429 g/mol. The van der Waals surface area contributed by atoms with E-state index in [2.05, 4.69) is 15.2 Å². The van der Waals surface area contributed by atoms with Gasteiger partial charge in [0.05, 0.1) is 11.1 Å². The fourth-order valence-corrected chi connectivity index (χ4v) is 3.52. The highest BCUT2D eigenvalue weighted by Gasteiger charge is 2.14. The van der Waals surface area contributed by atoms with Crippen LogP contribution in [0.2, 0.25) is 5.02 Å². The minimum atomic E-state index is -3.77. The molecule has 3 N–H and O–H groups in total. The van der Waals surface area contributed by atoms with Crippen LogP contribution < -0.4 is 10.1 Å². The van der Waals surface area contributed by atoms with Crippen LogP contribution in [0.4, 0.5) is 5.69 Å². The van der Waals surface area contributed by atoms with Crippen LogP contribution in [0.1, 0.15) is 15.9 Å². The zero-order valence-electron chi connectivity index (χ0n) is 14.9. The maximum absolute atomic E-state index is 12.4. The third kappa shape index (κ3) is 5.34. The highest BCUT2D eigenvalue weighted by Crippen LogP contribution is 2.19. The lowest BCUT2D eigenvalue weighted by Gasteiger charge is -2.09. The number of para-hydroxylation sites is 1. The highest BCUT2D eigenvalue weighted by atomic mass is 35.5. The predicted octanol–water partition coefficient (Wildman–Crippen LogP) is 3.61. The molecular formula is C20H16ClN3O4S. The molecule has 0 aromatic heterocycles. The fourth-order valence-electron chi connectivity index (χ4n) is 2.34. The first-order chi connectivity index (χ1) is 13.8. The second-order valence-electron chi connectivity index (χ2n) is 5.89. The third-order valence-electron chi connectivity index (χ3n) is 3.83. The summed E-state index contributed by atoms with van der Waals surface area (Å²) in [5, 5.41) is 13.9. The lowest BCUT2D eigenvalue weighted by molar-refractivity contribution is 0.0955. The first-order valence-electron chi connectivity index (χ1n) is 8.35. The van der Waals surface area contributed by atoms with Crippen LogP contribution in [0.25, 0.3) is 0 Å². The van der Waals surface area contributed by atoms with Crippen molar-refractivity contribution in [2.24, 2.45) is 5.10 Å². The summed E-state index contributed by atoms with van der Waals surface area (Å²) in [7, 11) is -3.77. The minimum absolute atomic E-state index is 0.0443. The summed E-state index contributed by atoms with van der Waals surface area (Å²) in [4.78, 5) is 12.2. The number of nitrogens with zero attached hydrogens (tertiary/aromatic N) is 1. The molecule has 0 atom stereocenters. The number of carbonyl (C=O) groups is 1. The van der Waals surface area contributed by atoms with Crippen LogP contribution in [0.3, 0.4) is 0 Å². The maximum Gasteiger partial charge on any atom is 0.271 e. The van der Waals surface area contributed by atoms with Crippen molar-refractivity contribution in [2.75, 3.05) is 4.72 Å². The van der Waals surface area contributed by atoms with E-state index in [0.717, 1.165) is 0 Å². The summed E-state index contributed by atoms with van der Waals surface area (Å²) >= 11 is 5.77. The molecule has 0 aliphatic rings. The van der Waals surface area contributed by atoms with E-state index < -0.39 is 15.9 Å². The van der Waals surface area contributed by atoms with Gasteiger partial charge in [0.25, 0.3) is 15.9 Å². The number of anilines is 1. The predicted molar refractivity (Wildman–Crippen MR) is 112 cm³/mol. The minimum Gasteiger partial charge on any atom is -0.507 e. The van der Waals surface area contributed by atoms with Crippen molar-refractivity contribution in [1.29, 1.82) is 0 Å². The number of hydrogen-bond acceptors (Lipinski definition) is 5. The Kier molecular flexibility index (Phi) is 6.16. The number of phenolic OH excluding ortho intramolecular Hbond substituents is 1. The first-order valence-corrected chi connectivity index (χ1v) is 10.2. The molecule has 0 saturated heterocycles. The zero-order valence-corrected chi connectivity index (χ0v) is 16.5. The molecule has 0 saturated carbocycles. The number of hydrazone groups is 1. The molecule has 148 valence electrons. The Bertz CT molecular complexity index is 1150. The Balaban J connectivity index is 1.64. The zero-order chi connectivity index (χ0) is 20.9. The van der Waals surface area contributed by atoms with Crippen LogP contribution in [-0.2, 0) is 10.0 Å². The van der Waals surface area contributed by atoms with E-state index in [1.165, 1.54) is 60.8 Å². The number of aromatic hydroxyl groups is 1. The number of nitrogens with one attached hydrogen (secondary N) is 2. The number of sulfonamides is 1. The number of benzene rings is 3. The average Bonchev–Trinajstić information content (AvgIpc) is 2.70. The highest BCUT2D eigenvalue weighted by molar-refractivity contribution is 7.92. The van der Waals surface area contributed by atoms with Crippen LogP contribution in [0.15, 0.2) is 82.8 Å². The molecule has 3 aromatic carbocycles. The lowest BCUT2D eigenvalue weighted by Crippen LogP contribution is -2.18. The van der Waals surface area contributed by atoms with E-state index >= 15 is 0 Å². The van der Waals surface area contributed by atoms with Crippen LogP contribution in [-0.4, -0.2) is 25.6 Å². The fraction of sp³-hybridized carbons (Fsp3) is 0. The van der Waals surface area contributed by atoms with Crippen molar-refractivity contribution in [2.45, 2.75) is 4.90 Å². The van der Waals surface area contributed by atoms with E-state index in [0.29, 0.717) is 16.3 Å². The molecule has 3 rings (SSSR count). The molecule has 7 nitrogen and oxygen atoms in total. The van der Waals surface area contributed by atoms with Gasteiger partial charge in [-0.3, -0.25) is 9.52 Å². The smallest absolute Gasteiger partial charge is 0.271 e. The molecular weight excluding hydrogens is 414 g/mol. The standard InChI is InChI=1S/C20H16ClN3O4S/c21-16-7-11-18(12-8-16)29(27,28)24-17-9-5-14(6-10-17)20(26)23-22-13-15-3-1-2-4-19(15)25/h1-13,24-25H,(H,23,26)/b22-13+. The van der Waals surface area contributed by atoms with E-state index in [-0.39, 0.29) is 16.2 Å². The van der Waals surface area contributed by atoms with Crippen LogP contribution in [0, 0.1) is 0 Å². The van der Waals surface area contributed by atoms with Gasteiger partial charge in [-0.05, 0) is 60.7 Å². The molecule has 0 aliphatic heterocycles. The Hall–Kier alpha value is -3.36. The molecule has 9 heteroatoms. The maximum atomic E-state index is 12.4. The number of phenols is 1. The Morgan fingerprint density at radius 1 is 0.966 bits per heavy atom. The van der Waals surface area contributed by atoms with Gasteiger partial charge in [-0.15, -0.1) is 0 Å². The van der Waals surface area contributed by atoms with E-state index in [9.17, 15) is 18.3 Å². The average molecular weight is 430 g/mol. The van der Waals surface area contributed by atoms with Gasteiger partial charge in [-0.25, -0.2) is 13.8 Å². The summed E-state index contributed by atoms with van der Waals surface area (Å²) in [6.07, 6.45) is 1.32. The normalized spacial score (nSPS) is 11.3. The summed E-state index contributed by atoms with van der Waals surface area (Å²) < 4.78 is 27.2. The molecule has 0 aliphatic carbocycles. The van der Waals surface area contributed by atoms with Gasteiger partial charge in [-0.2, -0.15) is 5.10 Å². The molecule has 0 unspecified atom stereocenters. The first kappa shape index (κ1) is 20.4. The number of rotatable bonds is 6. The molecule has 0 heterocycles. The summed E-state index contributed by atoms with van der Waals surface area (Å²) in [6, 6.07) is 18.2. The van der Waals surface area contributed by atoms with Crippen molar-refractivity contribution in [3.63, 3.8) is 0 Å². The molecule has 0 fully saturated rings. The molecule has 1 amide bonds. The van der Waals surface area contributed by atoms with E-state index in [1.54, 1.807) is 18.2 Å². The molecule has 0 spiro atoms. The summed E-state index contributed by atoms with van der Waals surface area (Å²) in [6.45, 7) is 0. The Labute approximate surface area is 172 Å². The second-order valence-corrected chi connectivity index (χ2v) is 8.01. The number of amides is 1. The second kappa shape index (κ2) is 8.76. The quantitative estimate of drug-likeness (QED) is 0.411. The van der Waals surface area contributed by atoms with Crippen LogP contribution in [0.5, 0.6) is 5.75 Å². The summed E-state index contributed by atoms with van der Waals surface area (Å²) in [5.74, 6) is -0.438. The van der Waals surface area contributed by atoms with E-state index in [4.69, 9.17) is 11.6 Å². The Morgan fingerprint density at radius 3 is 2.28 bits per heavy atom. The van der Waals surface area contributed by atoms with E-state index in [1.807, 2.05) is 0 Å². The van der Waals surface area contributed by atoms with Crippen molar-refractivity contribution in [1.82, 2.24) is 5.43 Å². The van der Waals surface area contributed by atoms with Gasteiger partial charge >= 0.3 is 0 Å². The van der Waals surface area contributed by atoms with Gasteiger partial charge in [0, 0.05) is 21.8 Å². The Morgan fingerprint density at radius 2 is 1.62 bits per heavy atom. The molecule has 0 bridgehead atoms. The third-order valence-corrected chi connectivity index (χ3v) is 5.48. The number of hydrogen-bond donors (Lipinski definition) is 3. The van der Waals surface area contributed by atoms with Gasteiger partial charge in [-0.1, -0.05) is 23.7 Å². The van der Waals surface area contributed by atoms with Gasteiger partial charge in [0.2, 0.25) is 0 Å². The number of halogens is 1. The van der Waals surface area contributed by atoms with Gasteiger partial charge < -0.3 is 5.11 Å². The van der Waals surface area contributed by atoms with Gasteiger partial charge in [0.1, 0.15) is 5.75 Å². The number of carbonyl (C=O) groups excluding carboxylic acids is 1. The van der Waals surface area contributed by atoms with Crippen molar-refractivity contribution >= 4 is 39.4 Å². The van der Waals surface area contributed by atoms with Crippen molar-refractivity contribution < 1.29 is 18.3 Å². The molecule has 3 aromatic rings. The molecule has 29 heavy (non-hydrogen) atoms. The van der Waals surface area contributed by atoms with Crippen molar-refractivity contribution in [3.8, 4) is 5.75 Å². The van der Waals surface area contributed by atoms with Crippen LogP contribution >= 0.6 is 11.6 Å². The molecule has 0 radical (unpaired) electrons. The largest absolute Gasteiger partial charge is 0.507 e. The van der Waals surface area contributed by atoms with Gasteiger partial charge in [0.15, 0.2) is 0 Å². The SMILES string of the molecule is O=C(N/N=C/c1ccccc1O)c1ccc(NS(=O)(=O)c2ccc(Cl)cc2)cc1. The van der Waals surface area contributed by atoms with Crippen molar-refractivity contribution in [3.05, 3.63) is 88.9 Å².